The highest BCUT2D eigenvalue weighted by Gasteiger charge is 2.28. The van der Waals surface area contributed by atoms with Gasteiger partial charge in [-0.3, -0.25) is 14.4 Å². The lowest BCUT2D eigenvalue weighted by molar-refractivity contribution is -0.143. The number of aliphatic carboxylic acids is 1. The zero-order valence-corrected chi connectivity index (χ0v) is 19.8. The first kappa shape index (κ1) is 25.5. The molecule has 2 aromatic carbocycles. The SMILES string of the molecule is O=C(NCCNC(=O)c1cc(F)c(OC2CCC(C(=O)O)CC2)cc1F)c1cc2ccc(F)cc2s1. The Morgan fingerprint density at radius 2 is 1.61 bits per heavy atom. The van der Waals surface area contributed by atoms with Gasteiger partial charge in [-0.15, -0.1) is 11.3 Å². The topological polar surface area (TPSA) is 105 Å². The van der Waals surface area contributed by atoms with Crippen molar-refractivity contribution in [1.29, 1.82) is 0 Å². The zero-order chi connectivity index (χ0) is 25.8. The van der Waals surface area contributed by atoms with Crippen molar-refractivity contribution in [2.24, 2.45) is 5.92 Å². The van der Waals surface area contributed by atoms with Gasteiger partial charge < -0.3 is 20.5 Å². The molecule has 36 heavy (non-hydrogen) atoms. The van der Waals surface area contributed by atoms with Gasteiger partial charge in [-0.25, -0.2) is 13.2 Å². The number of halogens is 3. The summed E-state index contributed by atoms with van der Waals surface area (Å²) in [6.45, 7) is 0.00766. The first-order valence-electron chi connectivity index (χ1n) is 11.3. The van der Waals surface area contributed by atoms with Crippen molar-refractivity contribution in [2.45, 2.75) is 31.8 Å². The molecule has 2 amide bonds. The molecule has 0 radical (unpaired) electrons. The standard InChI is InChI=1S/C25H23F3N2O5S/c26-15-4-1-14-9-22(36-21(14)10-15)24(32)30-8-7-29-23(31)17-11-19(28)20(12-18(17)27)35-16-5-2-13(3-6-16)25(33)34/h1,4,9-13,16H,2-3,5-8H2,(H,29,31)(H,30,32)(H,33,34). The Labute approximate surface area is 208 Å². The summed E-state index contributed by atoms with van der Waals surface area (Å²) in [5, 5.41) is 14.8. The minimum absolute atomic E-state index is 0.0315. The molecule has 0 unspecified atom stereocenters. The molecule has 3 N–H and O–H groups in total. The average molecular weight is 521 g/mol. The van der Waals surface area contributed by atoms with E-state index in [1.807, 2.05) is 0 Å². The third kappa shape index (κ3) is 5.96. The number of nitrogens with one attached hydrogen (secondary N) is 2. The molecular formula is C25H23F3N2O5S. The van der Waals surface area contributed by atoms with Crippen molar-refractivity contribution < 1.29 is 37.4 Å². The van der Waals surface area contributed by atoms with E-state index in [1.165, 1.54) is 12.1 Å². The Kier molecular flexibility index (Phi) is 7.78. The highest BCUT2D eigenvalue weighted by molar-refractivity contribution is 7.20. The lowest BCUT2D eigenvalue weighted by Gasteiger charge is -2.27. The van der Waals surface area contributed by atoms with E-state index in [0.29, 0.717) is 35.3 Å². The monoisotopic (exact) mass is 520 g/mol. The Hall–Kier alpha value is -3.60. The molecule has 0 spiro atoms. The molecule has 1 aromatic heterocycles. The highest BCUT2D eigenvalue weighted by atomic mass is 32.1. The fraction of sp³-hybridized carbons (Fsp3) is 0.320. The summed E-state index contributed by atoms with van der Waals surface area (Å²) in [5.41, 5.74) is -0.507. The number of carbonyl (C=O) groups excluding carboxylic acids is 2. The number of carboxylic acid groups (broad SMARTS) is 1. The van der Waals surface area contributed by atoms with Gasteiger partial charge in [0.15, 0.2) is 11.6 Å². The van der Waals surface area contributed by atoms with Gasteiger partial charge in [-0.1, -0.05) is 6.07 Å². The molecule has 0 atom stereocenters. The fourth-order valence-corrected chi connectivity index (χ4v) is 5.06. The predicted molar refractivity (Wildman–Crippen MR) is 127 cm³/mol. The van der Waals surface area contributed by atoms with Gasteiger partial charge in [0.25, 0.3) is 11.8 Å². The van der Waals surface area contributed by atoms with Crippen LogP contribution in [0.15, 0.2) is 36.4 Å². The van der Waals surface area contributed by atoms with Crippen molar-refractivity contribution in [3.05, 3.63) is 64.3 Å². The summed E-state index contributed by atoms with van der Waals surface area (Å²) in [4.78, 5) is 36.0. The molecule has 0 aliphatic heterocycles. The second-order valence-electron chi connectivity index (χ2n) is 8.50. The first-order chi connectivity index (χ1) is 17.2. The summed E-state index contributed by atoms with van der Waals surface area (Å²) in [6.07, 6.45) is 1.16. The van der Waals surface area contributed by atoms with Gasteiger partial charge >= 0.3 is 5.97 Å². The summed E-state index contributed by atoms with van der Waals surface area (Å²) >= 11 is 1.13. The number of hydrogen-bond donors (Lipinski definition) is 3. The Balaban J connectivity index is 1.27. The van der Waals surface area contributed by atoms with Crippen LogP contribution in [0.25, 0.3) is 10.1 Å². The maximum atomic E-state index is 14.5. The van der Waals surface area contributed by atoms with E-state index < -0.39 is 52.8 Å². The fourth-order valence-electron chi connectivity index (χ4n) is 4.05. The number of benzene rings is 2. The minimum Gasteiger partial charge on any atom is -0.487 e. The van der Waals surface area contributed by atoms with Gasteiger partial charge in [-0.05, 0) is 55.3 Å². The second-order valence-corrected chi connectivity index (χ2v) is 9.58. The average Bonchev–Trinajstić information content (AvgIpc) is 3.27. The Bertz CT molecular complexity index is 1300. The molecule has 0 bridgehead atoms. The van der Waals surface area contributed by atoms with E-state index in [9.17, 15) is 27.6 Å². The Morgan fingerprint density at radius 1 is 0.917 bits per heavy atom. The van der Waals surface area contributed by atoms with Gasteiger partial charge in [0.2, 0.25) is 0 Å². The summed E-state index contributed by atoms with van der Waals surface area (Å²) in [5.74, 6) is -5.20. The number of amides is 2. The third-order valence-corrected chi connectivity index (χ3v) is 7.08. The van der Waals surface area contributed by atoms with Crippen molar-refractivity contribution in [2.75, 3.05) is 13.1 Å². The number of ether oxygens (including phenoxy) is 1. The summed E-state index contributed by atoms with van der Waals surface area (Å²) < 4.78 is 48.5. The summed E-state index contributed by atoms with van der Waals surface area (Å²) in [6, 6.07) is 7.40. The third-order valence-electron chi connectivity index (χ3n) is 5.99. The molecule has 1 aliphatic rings. The van der Waals surface area contributed by atoms with Crippen molar-refractivity contribution in [1.82, 2.24) is 10.6 Å². The van der Waals surface area contributed by atoms with Crippen LogP contribution in [0, 0.1) is 23.4 Å². The maximum absolute atomic E-state index is 14.5. The van der Waals surface area contributed by atoms with Crippen LogP contribution >= 0.6 is 11.3 Å². The van der Waals surface area contributed by atoms with Crippen LogP contribution < -0.4 is 15.4 Å². The predicted octanol–water partition coefficient (Wildman–Crippen LogP) is 4.50. The molecule has 4 rings (SSSR count). The van der Waals surface area contributed by atoms with E-state index in [2.05, 4.69) is 10.6 Å². The number of carboxylic acids is 1. The van der Waals surface area contributed by atoms with Crippen LogP contribution in [0.1, 0.15) is 45.7 Å². The number of rotatable bonds is 8. The van der Waals surface area contributed by atoms with Gasteiger partial charge in [-0.2, -0.15) is 0 Å². The van der Waals surface area contributed by atoms with E-state index in [-0.39, 0.29) is 18.8 Å². The molecule has 11 heteroatoms. The molecule has 7 nitrogen and oxygen atoms in total. The minimum atomic E-state index is -0.968. The largest absolute Gasteiger partial charge is 0.487 e. The number of hydrogen-bond acceptors (Lipinski definition) is 5. The van der Waals surface area contributed by atoms with Crippen LogP contribution in [-0.4, -0.2) is 42.1 Å². The lowest BCUT2D eigenvalue weighted by atomic mass is 9.87. The second kappa shape index (κ2) is 11.0. The van der Waals surface area contributed by atoms with E-state index in [4.69, 9.17) is 9.84 Å². The number of thiophene rings is 1. The molecule has 1 heterocycles. The molecule has 1 aliphatic carbocycles. The van der Waals surface area contributed by atoms with Gasteiger partial charge in [0.1, 0.15) is 11.6 Å². The van der Waals surface area contributed by atoms with Crippen molar-refractivity contribution >= 4 is 39.2 Å². The van der Waals surface area contributed by atoms with Crippen LogP contribution in [-0.2, 0) is 4.79 Å². The zero-order valence-electron chi connectivity index (χ0n) is 19.0. The van der Waals surface area contributed by atoms with E-state index in [0.717, 1.165) is 28.9 Å². The van der Waals surface area contributed by atoms with Crippen LogP contribution in [0.4, 0.5) is 13.2 Å². The van der Waals surface area contributed by atoms with Crippen LogP contribution in [0.2, 0.25) is 0 Å². The molecule has 1 saturated carbocycles. The molecular weight excluding hydrogens is 497 g/mol. The normalized spacial score (nSPS) is 17.5. The number of fused-ring (bicyclic) bond motifs is 1. The van der Waals surface area contributed by atoms with E-state index >= 15 is 0 Å². The van der Waals surface area contributed by atoms with Crippen LogP contribution in [0.3, 0.4) is 0 Å². The maximum Gasteiger partial charge on any atom is 0.306 e. The molecule has 1 fully saturated rings. The smallest absolute Gasteiger partial charge is 0.306 e. The quantitative estimate of drug-likeness (QED) is 0.380. The number of carbonyl (C=O) groups is 3. The van der Waals surface area contributed by atoms with Crippen molar-refractivity contribution in [3.63, 3.8) is 0 Å². The van der Waals surface area contributed by atoms with Gasteiger partial charge in [0.05, 0.1) is 22.5 Å². The Morgan fingerprint density at radius 3 is 2.31 bits per heavy atom. The van der Waals surface area contributed by atoms with Crippen molar-refractivity contribution in [3.8, 4) is 5.75 Å². The van der Waals surface area contributed by atoms with Crippen LogP contribution in [0.5, 0.6) is 5.75 Å². The molecule has 190 valence electrons. The lowest BCUT2D eigenvalue weighted by Crippen LogP contribution is -2.34. The first-order valence-corrected chi connectivity index (χ1v) is 12.2. The summed E-state index contributed by atoms with van der Waals surface area (Å²) in [7, 11) is 0. The van der Waals surface area contributed by atoms with E-state index in [1.54, 1.807) is 12.1 Å². The highest BCUT2D eigenvalue weighted by Crippen LogP contribution is 2.30. The van der Waals surface area contributed by atoms with Gasteiger partial charge in [0, 0.05) is 23.9 Å². The molecule has 3 aromatic rings. The molecule has 0 saturated heterocycles.